The quantitative estimate of drug-likeness (QED) is 0.678. The van der Waals surface area contributed by atoms with Crippen molar-refractivity contribution in [1.82, 2.24) is 9.55 Å². The minimum Gasteiger partial charge on any atom is -0.335 e. The minimum absolute atomic E-state index is 0.0463. The first kappa shape index (κ1) is 9.09. The van der Waals surface area contributed by atoms with Crippen molar-refractivity contribution in [3.05, 3.63) is 18.2 Å². The SMILES string of the molecule is Cc1nccn1CCC(F)(F)F. The normalized spacial score (nSPS) is 12.0. The van der Waals surface area contributed by atoms with Crippen LogP contribution >= 0.6 is 0 Å². The Bertz CT molecular complexity index is 251. The van der Waals surface area contributed by atoms with Crippen LogP contribution in [0.2, 0.25) is 0 Å². The van der Waals surface area contributed by atoms with Gasteiger partial charge in [-0.1, -0.05) is 0 Å². The zero-order valence-corrected chi connectivity index (χ0v) is 6.60. The molecular weight excluding hydrogens is 169 g/mol. The molecule has 1 heterocycles. The van der Waals surface area contributed by atoms with Crippen LogP contribution in [0, 0.1) is 6.92 Å². The molecule has 0 unspecified atom stereocenters. The van der Waals surface area contributed by atoms with Gasteiger partial charge in [0.25, 0.3) is 0 Å². The molecule has 2 nitrogen and oxygen atoms in total. The molecule has 0 saturated heterocycles. The largest absolute Gasteiger partial charge is 0.390 e. The van der Waals surface area contributed by atoms with Crippen molar-refractivity contribution in [3.63, 3.8) is 0 Å². The van der Waals surface area contributed by atoms with Gasteiger partial charge in [-0.25, -0.2) is 4.98 Å². The molecule has 1 rings (SSSR count). The summed E-state index contributed by atoms with van der Waals surface area (Å²) >= 11 is 0. The average Bonchev–Trinajstić information content (AvgIpc) is 2.29. The van der Waals surface area contributed by atoms with Crippen molar-refractivity contribution in [2.24, 2.45) is 0 Å². The molecule has 0 saturated carbocycles. The van der Waals surface area contributed by atoms with E-state index in [0.717, 1.165) is 0 Å². The van der Waals surface area contributed by atoms with Crippen LogP contribution in [0.5, 0.6) is 0 Å². The van der Waals surface area contributed by atoms with Crippen LogP contribution in [0.15, 0.2) is 12.4 Å². The van der Waals surface area contributed by atoms with E-state index in [9.17, 15) is 13.2 Å². The third-order valence-electron chi connectivity index (χ3n) is 1.56. The summed E-state index contributed by atoms with van der Waals surface area (Å²) < 4.78 is 36.7. The van der Waals surface area contributed by atoms with Gasteiger partial charge in [0.2, 0.25) is 0 Å². The summed E-state index contributed by atoms with van der Waals surface area (Å²) in [7, 11) is 0. The van der Waals surface area contributed by atoms with Crippen molar-refractivity contribution in [2.75, 3.05) is 0 Å². The molecule has 0 bridgehead atoms. The summed E-state index contributed by atoms with van der Waals surface area (Å²) in [5.41, 5.74) is 0. The first-order valence-corrected chi connectivity index (χ1v) is 3.53. The Labute approximate surface area is 68.0 Å². The number of hydrogen-bond acceptors (Lipinski definition) is 1. The molecule has 0 amide bonds. The van der Waals surface area contributed by atoms with Gasteiger partial charge in [0, 0.05) is 18.9 Å². The Morgan fingerprint density at radius 2 is 2.17 bits per heavy atom. The second-order valence-corrected chi connectivity index (χ2v) is 2.53. The van der Waals surface area contributed by atoms with Gasteiger partial charge in [-0.05, 0) is 6.92 Å². The highest BCUT2D eigenvalue weighted by Crippen LogP contribution is 2.20. The van der Waals surface area contributed by atoms with E-state index < -0.39 is 12.6 Å². The van der Waals surface area contributed by atoms with Crippen LogP contribution in [0.4, 0.5) is 13.2 Å². The van der Waals surface area contributed by atoms with Crippen molar-refractivity contribution in [2.45, 2.75) is 26.1 Å². The molecule has 0 atom stereocenters. The molecule has 0 aliphatic heterocycles. The van der Waals surface area contributed by atoms with Crippen LogP contribution in [-0.4, -0.2) is 15.7 Å². The Hall–Kier alpha value is -1.00. The second-order valence-electron chi connectivity index (χ2n) is 2.53. The van der Waals surface area contributed by atoms with Crippen LogP contribution in [0.1, 0.15) is 12.2 Å². The number of nitrogens with zero attached hydrogens (tertiary/aromatic N) is 2. The number of aryl methyl sites for hydroxylation is 2. The highest BCUT2D eigenvalue weighted by atomic mass is 19.4. The molecule has 0 radical (unpaired) electrons. The van der Waals surface area contributed by atoms with Crippen LogP contribution in [-0.2, 0) is 6.54 Å². The lowest BCUT2D eigenvalue weighted by Gasteiger charge is -2.07. The number of alkyl halides is 3. The third kappa shape index (κ3) is 2.56. The van der Waals surface area contributed by atoms with Crippen LogP contribution < -0.4 is 0 Å². The Balaban J connectivity index is 2.49. The smallest absolute Gasteiger partial charge is 0.335 e. The molecule has 68 valence electrons. The lowest BCUT2D eigenvalue weighted by atomic mass is 10.4. The standard InChI is InChI=1S/C7H9F3N2/c1-6-11-3-5-12(6)4-2-7(8,9)10/h3,5H,2,4H2,1H3. The average molecular weight is 178 g/mol. The number of aromatic nitrogens is 2. The number of rotatable bonds is 2. The summed E-state index contributed by atoms with van der Waals surface area (Å²) in [4.78, 5) is 3.81. The maximum Gasteiger partial charge on any atom is 0.390 e. The number of hydrogen-bond donors (Lipinski definition) is 0. The van der Waals surface area contributed by atoms with Gasteiger partial charge in [0.15, 0.2) is 0 Å². The van der Waals surface area contributed by atoms with Crippen LogP contribution in [0.25, 0.3) is 0 Å². The fourth-order valence-electron chi connectivity index (χ4n) is 0.887. The van der Waals surface area contributed by atoms with E-state index in [1.54, 1.807) is 13.1 Å². The molecule has 12 heavy (non-hydrogen) atoms. The molecule has 0 aromatic carbocycles. The van der Waals surface area contributed by atoms with Crippen molar-refractivity contribution in [1.29, 1.82) is 0 Å². The molecule has 0 spiro atoms. The topological polar surface area (TPSA) is 17.8 Å². The highest BCUT2D eigenvalue weighted by molar-refractivity contribution is 4.88. The molecule has 5 heteroatoms. The van der Waals surface area contributed by atoms with E-state index in [1.807, 2.05) is 0 Å². The second kappa shape index (κ2) is 3.16. The molecule has 0 N–H and O–H groups in total. The lowest BCUT2D eigenvalue weighted by molar-refractivity contribution is -0.136. The Morgan fingerprint density at radius 3 is 2.58 bits per heavy atom. The Morgan fingerprint density at radius 1 is 1.50 bits per heavy atom. The predicted molar refractivity (Wildman–Crippen MR) is 37.6 cm³/mol. The van der Waals surface area contributed by atoms with Gasteiger partial charge < -0.3 is 4.57 Å². The van der Waals surface area contributed by atoms with Gasteiger partial charge in [0.05, 0.1) is 6.42 Å². The molecule has 0 fully saturated rings. The first-order valence-electron chi connectivity index (χ1n) is 3.53. The fraction of sp³-hybridized carbons (Fsp3) is 0.571. The summed E-state index contributed by atoms with van der Waals surface area (Å²) in [6.45, 7) is 1.63. The van der Waals surface area contributed by atoms with E-state index in [2.05, 4.69) is 4.98 Å². The fourth-order valence-corrected chi connectivity index (χ4v) is 0.887. The summed E-state index contributed by atoms with van der Waals surface area (Å²) in [6, 6.07) is 0. The van der Waals surface area contributed by atoms with E-state index in [0.29, 0.717) is 5.82 Å². The summed E-state index contributed by atoms with van der Waals surface area (Å²) in [5, 5.41) is 0. The van der Waals surface area contributed by atoms with Gasteiger partial charge >= 0.3 is 6.18 Å². The summed E-state index contributed by atoms with van der Waals surface area (Å²) in [6.07, 6.45) is -1.85. The first-order chi connectivity index (χ1) is 5.49. The van der Waals surface area contributed by atoms with E-state index >= 15 is 0 Å². The van der Waals surface area contributed by atoms with E-state index in [1.165, 1.54) is 10.8 Å². The van der Waals surface area contributed by atoms with Gasteiger partial charge in [-0.15, -0.1) is 0 Å². The predicted octanol–water partition coefficient (Wildman–Crippen LogP) is 2.14. The van der Waals surface area contributed by atoms with Gasteiger partial charge in [-0.2, -0.15) is 13.2 Å². The summed E-state index contributed by atoms with van der Waals surface area (Å²) in [5.74, 6) is 0.610. The van der Waals surface area contributed by atoms with E-state index in [-0.39, 0.29) is 6.54 Å². The van der Waals surface area contributed by atoms with Crippen molar-refractivity contribution in [3.8, 4) is 0 Å². The van der Waals surface area contributed by atoms with Crippen molar-refractivity contribution >= 4 is 0 Å². The maximum atomic E-state index is 11.7. The number of halogens is 3. The maximum absolute atomic E-state index is 11.7. The Kier molecular flexibility index (Phi) is 2.40. The van der Waals surface area contributed by atoms with Gasteiger partial charge in [-0.3, -0.25) is 0 Å². The molecular formula is C7H9F3N2. The molecule has 1 aromatic rings. The van der Waals surface area contributed by atoms with Gasteiger partial charge in [0.1, 0.15) is 5.82 Å². The van der Waals surface area contributed by atoms with Crippen molar-refractivity contribution < 1.29 is 13.2 Å². The zero-order valence-electron chi connectivity index (χ0n) is 6.60. The highest BCUT2D eigenvalue weighted by Gasteiger charge is 2.26. The third-order valence-corrected chi connectivity index (χ3v) is 1.56. The molecule has 0 aliphatic carbocycles. The lowest BCUT2D eigenvalue weighted by Crippen LogP contribution is -2.12. The molecule has 0 aliphatic rings. The minimum atomic E-state index is -4.09. The zero-order chi connectivity index (χ0) is 9.19. The van der Waals surface area contributed by atoms with E-state index in [4.69, 9.17) is 0 Å². The van der Waals surface area contributed by atoms with Crippen LogP contribution in [0.3, 0.4) is 0 Å². The number of imidazole rings is 1. The molecule has 1 aromatic heterocycles. The monoisotopic (exact) mass is 178 g/mol.